The molecule has 1 saturated heterocycles. The van der Waals surface area contributed by atoms with Gasteiger partial charge in [0.25, 0.3) is 0 Å². The van der Waals surface area contributed by atoms with Crippen molar-refractivity contribution in [1.82, 2.24) is 9.80 Å². The second-order valence-electron chi connectivity index (χ2n) is 9.63. The van der Waals surface area contributed by atoms with Crippen molar-refractivity contribution >= 4 is 5.78 Å². The van der Waals surface area contributed by atoms with Crippen LogP contribution in [0.1, 0.15) is 34.7 Å². The summed E-state index contributed by atoms with van der Waals surface area (Å²) in [6.45, 7) is 4.58. The van der Waals surface area contributed by atoms with E-state index in [1.807, 2.05) is 18.2 Å². The molecule has 1 unspecified atom stereocenters. The van der Waals surface area contributed by atoms with E-state index in [0.29, 0.717) is 19.4 Å². The number of rotatable bonds is 8. The molecule has 0 radical (unpaired) electrons. The van der Waals surface area contributed by atoms with E-state index in [-0.39, 0.29) is 18.4 Å². The van der Waals surface area contributed by atoms with E-state index >= 15 is 0 Å². The molecular formula is C30H34N2O3. The highest BCUT2D eigenvalue weighted by molar-refractivity contribution is 5.83. The van der Waals surface area contributed by atoms with Gasteiger partial charge in [-0.1, -0.05) is 72.8 Å². The Bertz CT molecular complexity index is 1070. The minimum absolute atomic E-state index is 0.240. The third-order valence-corrected chi connectivity index (χ3v) is 7.17. The molecule has 5 nitrogen and oxygen atoms in total. The van der Waals surface area contributed by atoms with Crippen LogP contribution in [-0.4, -0.2) is 66.1 Å². The van der Waals surface area contributed by atoms with Gasteiger partial charge in [0.05, 0.1) is 6.04 Å². The summed E-state index contributed by atoms with van der Waals surface area (Å²) in [5.74, 6) is 1.10. The van der Waals surface area contributed by atoms with Gasteiger partial charge < -0.3 is 9.84 Å². The highest BCUT2D eigenvalue weighted by atomic mass is 16.5. The number of carbonyl (C=O) groups excluding carboxylic acids is 1. The van der Waals surface area contributed by atoms with Gasteiger partial charge in [0, 0.05) is 45.6 Å². The molecule has 3 aromatic rings. The van der Waals surface area contributed by atoms with E-state index in [9.17, 15) is 9.90 Å². The Morgan fingerprint density at radius 2 is 1.46 bits per heavy atom. The molecule has 1 fully saturated rings. The molecule has 0 bridgehead atoms. The number of aliphatic hydroxyl groups excluding tert-OH is 1. The van der Waals surface area contributed by atoms with Crippen molar-refractivity contribution < 1.29 is 14.6 Å². The van der Waals surface area contributed by atoms with E-state index in [0.717, 1.165) is 49.5 Å². The fraction of sp³-hybridized carbons (Fsp3) is 0.367. The quantitative estimate of drug-likeness (QED) is 0.541. The fourth-order valence-electron chi connectivity index (χ4n) is 5.39. The van der Waals surface area contributed by atoms with Crippen molar-refractivity contribution in [2.75, 3.05) is 39.3 Å². The molecule has 1 aliphatic carbocycles. The zero-order chi connectivity index (χ0) is 24.0. The van der Waals surface area contributed by atoms with Crippen molar-refractivity contribution in [2.24, 2.45) is 0 Å². The topological polar surface area (TPSA) is 53.0 Å². The van der Waals surface area contributed by atoms with Gasteiger partial charge in [0.1, 0.15) is 24.2 Å². The van der Waals surface area contributed by atoms with Crippen LogP contribution in [0.25, 0.3) is 0 Å². The van der Waals surface area contributed by atoms with E-state index in [4.69, 9.17) is 4.74 Å². The third-order valence-electron chi connectivity index (χ3n) is 7.17. The minimum atomic E-state index is -0.554. The lowest BCUT2D eigenvalue weighted by atomic mass is 9.90. The van der Waals surface area contributed by atoms with Crippen LogP contribution in [0.5, 0.6) is 5.75 Å². The number of hydrogen-bond donors (Lipinski definition) is 1. The predicted molar refractivity (Wildman–Crippen MR) is 138 cm³/mol. The van der Waals surface area contributed by atoms with Crippen LogP contribution in [0.3, 0.4) is 0 Å². The molecule has 0 aromatic heterocycles. The van der Waals surface area contributed by atoms with Crippen molar-refractivity contribution in [3.05, 3.63) is 101 Å². The van der Waals surface area contributed by atoms with Gasteiger partial charge in [0.2, 0.25) is 0 Å². The fourth-order valence-corrected chi connectivity index (χ4v) is 5.39. The number of nitrogens with zero attached hydrogens (tertiary/aromatic N) is 2. The van der Waals surface area contributed by atoms with Gasteiger partial charge in [0.15, 0.2) is 0 Å². The first-order valence-electron chi connectivity index (χ1n) is 12.7. The van der Waals surface area contributed by atoms with E-state index in [1.54, 1.807) is 0 Å². The average Bonchev–Trinajstić information content (AvgIpc) is 2.90. The van der Waals surface area contributed by atoms with E-state index in [2.05, 4.69) is 70.5 Å². The Hall–Kier alpha value is -2.99. The highest BCUT2D eigenvalue weighted by Gasteiger charge is 2.27. The van der Waals surface area contributed by atoms with Crippen molar-refractivity contribution in [2.45, 2.75) is 31.4 Å². The zero-order valence-electron chi connectivity index (χ0n) is 20.2. The average molecular weight is 471 g/mol. The number of β-amino-alcohol motifs (C(OH)–C–C–N with tert-alkyl or cyclic N) is 1. The molecular weight excluding hydrogens is 436 g/mol. The maximum absolute atomic E-state index is 11.8. The predicted octanol–water partition coefficient (Wildman–Crippen LogP) is 3.89. The molecule has 2 aliphatic rings. The molecule has 1 N–H and O–H groups in total. The molecule has 1 heterocycles. The van der Waals surface area contributed by atoms with Gasteiger partial charge in [-0.25, -0.2) is 0 Å². The molecule has 1 atom stereocenters. The van der Waals surface area contributed by atoms with Crippen molar-refractivity contribution in [3.8, 4) is 5.75 Å². The first-order chi connectivity index (χ1) is 17.2. The number of Topliss-reactive ketones (excluding diaryl/α,β-unsaturated/α-hetero) is 1. The van der Waals surface area contributed by atoms with E-state index < -0.39 is 6.10 Å². The van der Waals surface area contributed by atoms with Crippen LogP contribution in [0.2, 0.25) is 0 Å². The molecule has 0 saturated carbocycles. The Labute approximate surface area is 208 Å². The molecule has 5 rings (SSSR count). The highest BCUT2D eigenvalue weighted by Crippen LogP contribution is 2.30. The number of fused-ring (bicyclic) bond motifs is 1. The number of ether oxygens (including phenoxy) is 1. The Balaban J connectivity index is 1.16. The Morgan fingerprint density at radius 3 is 2.11 bits per heavy atom. The normalized spacial score (nSPS) is 17.8. The summed E-state index contributed by atoms with van der Waals surface area (Å²) in [6.07, 6.45) is 1.24. The molecule has 35 heavy (non-hydrogen) atoms. The summed E-state index contributed by atoms with van der Waals surface area (Å²) in [5.41, 5.74) is 4.82. The van der Waals surface area contributed by atoms with Crippen LogP contribution in [0.15, 0.2) is 78.9 Å². The standard InChI is InChI=1S/C30H34N2O3/c33-26-14-15-28-25(20-26)12-7-13-29(28)35-22-27(34)21-31-16-18-32(19-17-31)30(23-8-3-1-4-9-23)24-10-5-2-6-11-24/h1-13,27,30,34H,14-22H2. The molecule has 5 heteroatoms. The molecule has 1 aliphatic heterocycles. The van der Waals surface area contributed by atoms with Gasteiger partial charge in [-0.15, -0.1) is 0 Å². The molecule has 3 aromatic carbocycles. The molecule has 182 valence electrons. The number of benzene rings is 3. The molecule has 0 spiro atoms. The lowest BCUT2D eigenvalue weighted by molar-refractivity contribution is -0.118. The van der Waals surface area contributed by atoms with Crippen LogP contribution in [0.4, 0.5) is 0 Å². The summed E-state index contributed by atoms with van der Waals surface area (Å²) in [4.78, 5) is 16.6. The first kappa shape index (κ1) is 23.7. The summed E-state index contributed by atoms with van der Waals surface area (Å²) in [7, 11) is 0. The summed E-state index contributed by atoms with van der Waals surface area (Å²) in [6, 6.07) is 27.6. The van der Waals surface area contributed by atoms with Crippen LogP contribution in [0, 0.1) is 0 Å². The number of piperazine rings is 1. The van der Waals surface area contributed by atoms with Crippen LogP contribution in [-0.2, 0) is 17.6 Å². The SMILES string of the molecule is O=C1CCc2c(cccc2OCC(O)CN2CCN(C(c3ccccc3)c3ccccc3)CC2)C1. The second-order valence-corrected chi connectivity index (χ2v) is 9.63. The monoisotopic (exact) mass is 470 g/mol. The number of aliphatic hydroxyl groups is 1. The van der Waals surface area contributed by atoms with Gasteiger partial charge in [-0.05, 0) is 34.7 Å². The summed E-state index contributed by atoms with van der Waals surface area (Å²) in [5, 5.41) is 10.7. The second kappa shape index (κ2) is 11.2. The van der Waals surface area contributed by atoms with Gasteiger partial charge in [-0.3, -0.25) is 14.6 Å². The van der Waals surface area contributed by atoms with E-state index in [1.165, 1.54) is 11.1 Å². The maximum atomic E-state index is 11.8. The van der Waals surface area contributed by atoms with Crippen molar-refractivity contribution in [1.29, 1.82) is 0 Å². The Morgan fingerprint density at radius 1 is 0.800 bits per heavy atom. The molecule has 0 amide bonds. The summed E-state index contributed by atoms with van der Waals surface area (Å²) < 4.78 is 6.02. The number of carbonyl (C=O) groups is 1. The lowest BCUT2D eigenvalue weighted by Crippen LogP contribution is -2.50. The third kappa shape index (κ3) is 5.81. The first-order valence-corrected chi connectivity index (χ1v) is 12.7. The van der Waals surface area contributed by atoms with Gasteiger partial charge in [-0.2, -0.15) is 0 Å². The smallest absolute Gasteiger partial charge is 0.137 e. The number of hydrogen-bond acceptors (Lipinski definition) is 5. The zero-order valence-corrected chi connectivity index (χ0v) is 20.2. The lowest BCUT2D eigenvalue weighted by Gasteiger charge is -2.40. The number of ketones is 1. The minimum Gasteiger partial charge on any atom is -0.491 e. The van der Waals surface area contributed by atoms with Gasteiger partial charge >= 0.3 is 0 Å². The van der Waals surface area contributed by atoms with Crippen molar-refractivity contribution in [3.63, 3.8) is 0 Å². The summed E-state index contributed by atoms with van der Waals surface area (Å²) >= 11 is 0. The van der Waals surface area contributed by atoms with Crippen LogP contribution < -0.4 is 4.74 Å². The Kier molecular flexibility index (Phi) is 7.57. The maximum Gasteiger partial charge on any atom is 0.137 e. The largest absolute Gasteiger partial charge is 0.491 e. The van der Waals surface area contributed by atoms with Crippen LogP contribution >= 0.6 is 0 Å².